The normalized spacial score (nSPS) is 12.0. The van der Waals surface area contributed by atoms with Crippen molar-refractivity contribution >= 4 is 23.2 Å². The van der Waals surface area contributed by atoms with Crippen LogP contribution < -0.4 is 5.32 Å². The summed E-state index contributed by atoms with van der Waals surface area (Å²) in [6.45, 7) is 1.39. The van der Waals surface area contributed by atoms with Gasteiger partial charge in [-0.1, -0.05) is 61.0 Å². The fourth-order valence-electron chi connectivity index (χ4n) is 3.72. The molecule has 0 spiro atoms. The molecule has 3 aromatic carbocycles. The Hall–Kier alpha value is -3.72. The second-order valence-corrected chi connectivity index (χ2v) is 8.74. The summed E-state index contributed by atoms with van der Waals surface area (Å²) in [6.07, 6.45) is -5.01. The van der Waals surface area contributed by atoms with Gasteiger partial charge in [-0.15, -0.1) is 0 Å². The largest absolute Gasteiger partial charge is 0.435 e. The molecule has 0 atom stereocenters. The van der Waals surface area contributed by atoms with Crippen molar-refractivity contribution in [3.63, 3.8) is 0 Å². The van der Waals surface area contributed by atoms with E-state index in [2.05, 4.69) is 10.4 Å². The summed E-state index contributed by atoms with van der Waals surface area (Å²) in [6, 6.07) is 19.1. The maximum Gasteiger partial charge on any atom is 0.435 e. The van der Waals surface area contributed by atoms with Crippen LogP contribution in [0.25, 0.3) is 16.9 Å². The van der Waals surface area contributed by atoms with E-state index in [4.69, 9.17) is 11.6 Å². The van der Waals surface area contributed by atoms with Gasteiger partial charge in [0.25, 0.3) is 5.92 Å². The number of carbonyl (C=O) groups is 1. The zero-order valence-corrected chi connectivity index (χ0v) is 20.2. The van der Waals surface area contributed by atoms with Gasteiger partial charge >= 0.3 is 6.18 Å². The number of benzene rings is 3. The maximum atomic E-state index is 13.8. The third-order valence-electron chi connectivity index (χ3n) is 5.73. The van der Waals surface area contributed by atoms with Crippen LogP contribution in [0.3, 0.4) is 0 Å². The average Bonchev–Trinajstić information content (AvgIpc) is 3.31. The summed E-state index contributed by atoms with van der Waals surface area (Å²) < 4.78 is 68.9. The van der Waals surface area contributed by atoms with Gasteiger partial charge in [-0.2, -0.15) is 18.3 Å². The molecule has 0 aliphatic carbocycles. The van der Waals surface area contributed by atoms with Gasteiger partial charge in [0.15, 0.2) is 5.69 Å². The molecule has 1 heterocycles. The average molecular weight is 534 g/mol. The quantitative estimate of drug-likeness (QED) is 0.245. The lowest BCUT2D eigenvalue weighted by Gasteiger charge is -2.14. The van der Waals surface area contributed by atoms with E-state index in [0.717, 1.165) is 10.7 Å². The van der Waals surface area contributed by atoms with Crippen molar-refractivity contribution in [3.8, 4) is 16.9 Å². The fourth-order valence-corrected chi connectivity index (χ4v) is 3.96. The molecular formula is C27H21ClF5N3O. The minimum atomic E-state index is -4.65. The van der Waals surface area contributed by atoms with Crippen LogP contribution in [0.1, 0.15) is 30.2 Å². The molecule has 4 aromatic rings. The molecule has 0 unspecified atom stereocenters. The molecule has 1 N–H and O–H groups in total. The zero-order chi connectivity index (χ0) is 26.8. The zero-order valence-electron chi connectivity index (χ0n) is 19.5. The van der Waals surface area contributed by atoms with Crippen LogP contribution in [0.4, 0.5) is 27.6 Å². The molecule has 1 aromatic heterocycles. The predicted octanol–water partition coefficient (Wildman–Crippen LogP) is 7.89. The second kappa shape index (κ2) is 10.3. The Bertz CT molecular complexity index is 1400. The highest BCUT2D eigenvalue weighted by molar-refractivity contribution is 6.33. The van der Waals surface area contributed by atoms with E-state index < -0.39 is 17.8 Å². The van der Waals surface area contributed by atoms with Crippen LogP contribution in [-0.2, 0) is 23.3 Å². The van der Waals surface area contributed by atoms with E-state index in [1.807, 2.05) is 0 Å². The Kier molecular flexibility index (Phi) is 7.36. The van der Waals surface area contributed by atoms with Crippen LogP contribution in [-0.4, -0.2) is 15.7 Å². The van der Waals surface area contributed by atoms with Crippen molar-refractivity contribution in [1.82, 2.24) is 9.78 Å². The number of alkyl halides is 5. The molecule has 0 bridgehead atoms. The van der Waals surface area contributed by atoms with E-state index in [0.29, 0.717) is 22.5 Å². The molecule has 37 heavy (non-hydrogen) atoms. The number of amides is 1. The summed E-state index contributed by atoms with van der Waals surface area (Å²) in [5, 5.41) is 6.70. The van der Waals surface area contributed by atoms with Gasteiger partial charge < -0.3 is 5.32 Å². The lowest BCUT2D eigenvalue weighted by Crippen LogP contribution is -2.15. The fraction of sp³-hybridized carbons (Fsp3) is 0.185. The first-order valence-corrected chi connectivity index (χ1v) is 11.7. The molecular weight excluding hydrogens is 513 g/mol. The van der Waals surface area contributed by atoms with Crippen LogP contribution >= 0.6 is 11.6 Å². The number of hydrogen-bond acceptors (Lipinski definition) is 2. The van der Waals surface area contributed by atoms with Crippen molar-refractivity contribution in [2.24, 2.45) is 0 Å². The van der Waals surface area contributed by atoms with Crippen molar-refractivity contribution in [1.29, 1.82) is 0 Å². The number of nitrogens with one attached hydrogen (secondary N) is 1. The Morgan fingerprint density at radius 2 is 1.59 bits per heavy atom. The first-order chi connectivity index (χ1) is 17.5. The molecule has 10 heteroatoms. The van der Waals surface area contributed by atoms with Gasteiger partial charge in [0.2, 0.25) is 5.91 Å². The minimum absolute atomic E-state index is 0.0372. The lowest BCUT2D eigenvalue weighted by atomic mass is 10.0. The number of anilines is 1. The van der Waals surface area contributed by atoms with E-state index in [-0.39, 0.29) is 35.0 Å². The minimum Gasteiger partial charge on any atom is -0.326 e. The third-order valence-corrected chi connectivity index (χ3v) is 6.06. The lowest BCUT2D eigenvalue weighted by molar-refractivity contribution is -0.141. The molecule has 0 saturated heterocycles. The molecule has 192 valence electrons. The molecule has 0 radical (unpaired) electrons. The van der Waals surface area contributed by atoms with Gasteiger partial charge in [0.1, 0.15) is 0 Å². The van der Waals surface area contributed by atoms with Crippen molar-refractivity contribution in [2.45, 2.75) is 31.9 Å². The molecule has 4 rings (SSSR count). The summed E-state index contributed by atoms with van der Waals surface area (Å²) in [5.41, 5.74) is 0.659. The Labute approximate surface area is 214 Å². The highest BCUT2D eigenvalue weighted by atomic mass is 35.5. The van der Waals surface area contributed by atoms with Crippen molar-refractivity contribution in [2.75, 3.05) is 5.32 Å². The molecule has 0 aliphatic rings. The monoisotopic (exact) mass is 533 g/mol. The van der Waals surface area contributed by atoms with Crippen LogP contribution in [0.15, 0.2) is 78.9 Å². The maximum absolute atomic E-state index is 13.8. The second-order valence-electron chi connectivity index (χ2n) is 8.33. The van der Waals surface area contributed by atoms with Crippen LogP contribution in [0.5, 0.6) is 0 Å². The smallest absolute Gasteiger partial charge is 0.326 e. The first-order valence-electron chi connectivity index (χ1n) is 11.3. The molecule has 0 aliphatic heterocycles. The Balaban J connectivity index is 1.52. The van der Waals surface area contributed by atoms with Crippen LogP contribution in [0.2, 0.25) is 5.02 Å². The van der Waals surface area contributed by atoms with Gasteiger partial charge in [0.05, 0.1) is 17.8 Å². The molecule has 0 saturated carbocycles. The first kappa shape index (κ1) is 26.3. The van der Waals surface area contributed by atoms with E-state index >= 15 is 0 Å². The van der Waals surface area contributed by atoms with Crippen LogP contribution in [0, 0.1) is 0 Å². The van der Waals surface area contributed by atoms with Gasteiger partial charge in [-0.3, -0.25) is 4.79 Å². The number of nitrogens with zero attached hydrogens (tertiary/aromatic N) is 2. The SMILES string of the molecule is CCC(F)(F)c1ccc(CC(=O)Nc2ccc(-n3nc(C(F)(F)F)cc3-c3ccccc3Cl)cc2)cc1. The molecule has 4 nitrogen and oxygen atoms in total. The number of rotatable bonds is 7. The summed E-state index contributed by atoms with van der Waals surface area (Å²) >= 11 is 6.22. The van der Waals surface area contributed by atoms with E-state index in [9.17, 15) is 26.7 Å². The summed E-state index contributed by atoms with van der Waals surface area (Å²) in [5.74, 6) is -3.30. The van der Waals surface area contributed by atoms with Crippen molar-refractivity contribution < 1.29 is 26.7 Å². The standard InChI is InChI=1S/C27H21ClF5N3O/c1-2-26(29,30)18-9-7-17(8-10-18)15-25(37)34-19-11-13-20(14-12-19)36-23(16-24(35-36)27(31,32)33)21-5-3-4-6-22(21)28/h3-14,16H,2,15H2,1H3,(H,34,37). The van der Waals surface area contributed by atoms with Gasteiger partial charge in [-0.25, -0.2) is 13.5 Å². The summed E-state index contributed by atoms with van der Waals surface area (Å²) in [7, 11) is 0. The molecule has 0 fully saturated rings. The molecule has 1 amide bonds. The van der Waals surface area contributed by atoms with Crippen molar-refractivity contribution in [3.05, 3.63) is 101 Å². The number of aromatic nitrogens is 2. The predicted molar refractivity (Wildman–Crippen MR) is 132 cm³/mol. The Morgan fingerprint density at radius 3 is 2.19 bits per heavy atom. The number of hydrogen-bond donors (Lipinski definition) is 1. The topological polar surface area (TPSA) is 46.9 Å². The third kappa shape index (κ3) is 5.99. The number of carbonyl (C=O) groups excluding carboxylic acids is 1. The Morgan fingerprint density at radius 1 is 0.946 bits per heavy atom. The summed E-state index contributed by atoms with van der Waals surface area (Å²) in [4.78, 5) is 12.4. The highest BCUT2D eigenvalue weighted by Crippen LogP contribution is 2.36. The highest BCUT2D eigenvalue weighted by Gasteiger charge is 2.35. The van der Waals surface area contributed by atoms with E-state index in [1.165, 1.54) is 55.5 Å². The van der Waals surface area contributed by atoms with Gasteiger partial charge in [-0.05, 0) is 42.0 Å². The van der Waals surface area contributed by atoms with Gasteiger partial charge in [0, 0.05) is 28.3 Å². The van der Waals surface area contributed by atoms with E-state index in [1.54, 1.807) is 24.3 Å². The number of halogens is 6.